The van der Waals surface area contributed by atoms with Gasteiger partial charge in [0.15, 0.2) is 0 Å². The highest BCUT2D eigenvalue weighted by atomic mass is 32.2. The molecule has 0 aromatic heterocycles. The smallest absolute Gasteiger partial charge is 0.297 e. The fourth-order valence-corrected chi connectivity index (χ4v) is 2.07. The highest BCUT2D eigenvalue weighted by molar-refractivity contribution is 7.86. The molecule has 1 saturated heterocycles. The number of hydrogen-bond acceptors (Lipinski definition) is 6. The first-order chi connectivity index (χ1) is 7.62. The lowest BCUT2D eigenvalue weighted by Gasteiger charge is -2.03. The second kappa shape index (κ2) is 4.28. The summed E-state index contributed by atoms with van der Waals surface area (Å²) in [5.41, 5.74) is 0.0485. The van der Waals surface area contributed by atoms with E-state index in [4.69, 9.17) is 8.92 Å². The fourth-order valence-electron chi connectivity index (χ4n) is 1.09. The Hall–Kier alpha value is -1.31. The van der Waals surface area contributed by atoms with Crippen LogP contribution >= 0.6 is 0 Å². The SMILES string of the molecule is O=Nc1cccc(S(=O)(=O)OCC2CO2)c1. The Balaban J connectivity index is 2.16. The average molecular weight is 243 g/mol. The Labute approximate surface area is 92.3 Å². The molecule has 6 nitrogen and oxygen atoms in total. The molecule has 0 N–H and O–H groups in total. The van der Waals surface area contributed by atoms with Gasteiger partial charge in [-0.15, -0.1) is 4.91 Å². The first-order valence-electron chi connectivity index (χ1n) is 4.56. The van der Waals surface area contributed by atoms with Crippen molar-refractivity contribution in [3.63, 3.8) is 0 Å². The Morgan fingerprint density at radius 2 is 2.25 bits per heavy atom. The van der Waals surface area contributed by atoms with Crippen LogP contribution in [0.1, 0.15) is 0 Å². The zero-order valence-electron chi connectivity index (χ0n) is 8.20. The third-order valence-electron chi connectivity index (χ3n) is 2.02. The Morgan fingerprint density at radius 1 is 1.50 bits per heavy atom. The zero-order chi connectivity index (χ0) is 11.6. The van der Waals surface area contributed by atoms with E-state index in [2.05, 4.69) is 5.18 Å². The molecule has 1 fully saturated rings. The van der Waals surface area contributed by atoms with Crippen molar-refractivity contribution >= 4 is 15.8 Å². The number of hydrogen-bond donors (Lipinski definition) is 0. The van der Waals surface area contributed by atoms with E-state index in [0.717, 1.165) is 6.07 Å². The second-order valence-electron chi connectivity index (χ2n) is 3.28. The quantitative estimate of drug-likeness (QED) is 0.440. The van der Waals surface area contributed by atoms with E-state index < -0.39 is 10.1 Å². The summed E-state index contributed by atoms with van der Waals surface area (Å²) in [4.78, 5) is 10.2. The lowest BCUT2D eigenvalue weighted by Crippen LogP contribution is -2.10. The summed E-state index contributed by atoms with van der Waals surface area (Å²) in [6, 6.07) is 5.35. The summed E-state index contributed by atoms with van der Waals surface area (Å²) in [6.45, 7) is 0.520. The summed E-state index contributed by atoms with van der Waals surface area (Å²) >= 11 is 0. The molecule has 1 heterocycles. The van der Waals surface area contributed by atoms with Crippen molar-refractivity contribution in [2.45, 2.75) is 11.0 Å². The molecule has 1 aliphatic heterocycles. The Kier molecular flexibility index (Phi) is 2.99. The van der Waals surface area contributed by atoms with Gasteiger partial charge in [-0.2, -0.15) is 8.42 Å². The van der Waals surface area contributed by atoms with Gasteiger partial charge >= 0.3 is 0 Å². The maximum absolute atomic E-state index is 11.6. The van der Waals surface area contributed by atoms with Crippen molar-refractivity contribution < 1.29 is 17.3 Å². The molecule has 1 aromatic rings. The molecule has 0 radical (unpaired) electrons. The van der Waals surface area contributed by atoms with Gasteiger partial charge in [-0.05, 0) is 23.4 Å². The van der Waals surface area contributed by atoms with Crippen LogP contribution in [0.5, 0.6) is 0 Å². The van der Waals surface area contributed by atoms with E-state index in [1.807, 2.05) is 0 Å². The average Bonchev–Trinajstić information content (AvgIpc) is 3.10. The highest BCUT2D eigenvalue weighted by Gasteiger charge is 2.26. The van der Waals surface area contributed by atoms with Crippen molar-refractivity contribution in [2.24, 2.45) is 5.18 Å². The first kappa shape index (κ1) is 11.2. The molecule has 0 aliphatic carbocycles. The molecule has 1 atom stereocenters. The molecule has 0 amide bonds. The maximum Gasteiger partial charge on any atom is 0.297 e. The molecule has 1 aromatic carbocycles. The van der Waals surface area contributed by atoms with Gasteiger partial charge in [0.2, 0.25) is 0 Å². The Morgan fingerprint density at radius 3 is 2.88 bits per heavy atom. The van der Waals surface area contributed by atoms with E-state index in [1.165, 1.54) is 18.2 Å². The summed E-state index contributed by atoms with van der Waals surface area (Å²) in [6.07, 6.45) is -0.137. The monoisotopic (exact) mass is 243 g/mol. The van der Waals surface area contributed by atoms with Crippen LogP contribution in [0.15, 0.2) is 34.3 Å². The van der Waals surface area contributed by atoms with Crippen LogP contribution in [0.4, 0.5) is 5.69 Å². The molecule has 0 bridgehead atoms. The van der Waals surface area contributed by atoms with Crippen LogP contribution in [-0.4, -0.2) is 27.7 Å². The Bertz CT molecular complexity index is 494. The van der Waals surface area contributed by atoms with Crippen molar-refractivity contribution in [3.8, 4) is 0 Å². The second-order valence-corrected chi connectivity index (χ2v) is 4.90. The van der Waals surface area contributed by atoms with Crippen LogP contribution in [-0.2, 0) is 19.0 Å². The van der Waals surface area contributed by atoms with Crippen molar-refractivity contribution in [1.29, 1.82) is 0 Å². The third kappa shape index (κ3) is 2.63. The fraction of sp³-hybridized carbons (Fsp3) is 0.333. The van der Waals surface area contributed by atoms with Gasteiger partial charge in [0.05, 0.1) is 18.1 Å². The van der Waals surface area contributed by atoms with Crippen molar-refractivity contribution in [2.75, 3.05) is 13.2 Å². The number of ether oxygens (including phenoxy) is 1. The molecule has 0 spiro atoms. The number of rotatable bonds is 5. The van der Waals surface area contributed by atoms with Crippen LogP contribution in [0.2, 0.25) is 0 Å². The molecular formula is C9H9NO5S. The van der Waals surface area contributed by atoms with Crippen molar-refractivity contribution in [3.05, 3.63) is 29.2 Å². The predicted octanol–water partition coefficient (Wildman–Crippen LogP) is 1.19. The van der Waals surface area contributed by atoms with Gasteiger partial charge in [0.1, 0.15) is 11.8 Å². The highest BCUT2D eigenvalue weighted by Crippen LogP contribution is 2.20. The van der Waals surface area contributed by atoms with Crippen LogP contribution in [0.25, 0.3) is 0 Å². The number of nitrogens with zero attached hydrogens (tertiary/aromatic N) is 1. The minimum absolute atomic E-state index is 0.00107. The lowest BCUT2D eigenvalue weighted by atomic mass is 10.3. The molecule has 2 rings (SSSR count). The molecule has 1 unspecified atom stereocenters. The molecule has 16 heavy (non-hydrogen) atoms. The van der Waals surface area contributed by atoms with E-state index in [1.54, 1.807) is 0 Å². The minimum atomic E-state index is -3.83. The van der Waals surface area contributed by atoms with Gasteiger partial charge < -0.3 is 4.74 Å². The van der Waals surface area contributed by atoms with Gasteiger partial charge in [-0.3, -0.25) is 4.18 Å². The minimum Gasteiger partial charge on any atom is -0.371 e. The molecule has 0 saturated carbocycles. The summed E-state index contributed by atoms with van der Waals surface area (Å²) < 4.78 is 32.8. The predicted molar refractivity (Wildman–Crippen MR) is 54.8 cm³/mol. The number of nitroso groups, excluding NO2 is 1. The van der Waals surface area contributed by atoms with Crippen LogP contribution < -0.4 is 0 Å². The number of benzene rings is 1. The van der Waals surface area contributed by atoms with E-state index >= 15 is 0 Å². The summed E-state index contributed by atoms with van der Waals surface area (Å²) in [5.74, 6) is 0. The standard InChI is InChI=1S/C9H9NO5S/c11-10-7-2-1-3-9(4-7)16(12,13)15-6-8-5-14-8/h1-4,8H,5-6H2. The number of epoxide rings is 1. The molecular weight excluding hydrogens is 234 g/mol. The van der Waals surface area contributed by atoms with Gasteiger partial charge in [0, 0.05) is 0 Å². The lowest BCUT2D eigenvalue weighted by molar-refractivity contribution is 0.266. The molecule has 1 aliphatic rings. The van der Waals surface area contributed by atoms with E-state index in [9.17, 15) is 13.3 Å². The van der Waals surface area contributed by atoms with Gasteiger partial charge in [0.25, 0.3) is 10.1 Å². The van der Waals surface area contributed by atoms with Gasteiger partial charge in [-0.1, -0.05) is 6.07 Å². The van der Waals surface area contributed by atoms with E-state index in [-0.39, 0.29) is 23.3 Å². The summed E-state index contributed by atoms with van der Waals surface area (Å²) in [5, 5.41) is 2.66. The van der Waals surface area contributed by atoms with E-state index in [0.29, 0.717) is 6.61 Å². The third-order valence-corrected chi connectivity index (χ3v) is 3.30. The zero-order valence-corrected chi connectivity index (χ0v) is 9.01. The van der Waals surface area contributed by atoms with Crippen molar-refractivity contribution in [1.82, 2.24) is 0 Å². The van der Waals surface area contributed by atoms with Crippen LogP contribution in [0.3, 0.4) is 0 Å². The van der Waals surface area contributed by atoms with Crippen LogP contribution in [0, 0.1) is 4.91 Å². The molecule has 7 heteroatoms. The molecule has 86 valence electrons. The topological polar surface area (TPSA) is 85.3 Å². The maximum atomic E-state index is 11.6. The summed E-state index contributed by atoms with van der Waals surface area (Å²) in [7, 11) is -3.83. The van der Waals surface area contributed by atoms with Gasteiger partial charge in [-0.25, -0.2) is 0 Å². The first-order valence-corrected chi connectivity index (χ1v) is 5.97. The largest absolute Gasteiger partial charge is 0.371 e. The normalized spacial score (nSPS) is 19.4.